The Hall–Kier alpha value is 0.317. The van der Waals surface area contributed by atoms with Gasteiger partial charge in [-0.05, 0) is 0 Å². The van der Waals surface area contributed by atoms with E-state index < -0.39 is 19.1 Å². The van der Waals surface area contributed by atoms with Crippen molar-refractivity contribution in [3.05, 3.63) is 0 Å². The molecule has 0 heterocycles. The summed E-state index contributed by atoms with van der Waals surface area (Å²) in [5, 5.41) is 6.89. The minimum atomic E-state index is -2.00. The van der Waals surface area contributed by atoms with Crippen molar-refractivity contribution in [1.82, 2.24) is 0 Å². The van der Waals surface area contributed by atoms with E-state index >= 15 is 0 Å². The number of hydrogen-bond acceptors (Lipinski definition) is 3. The molecule has 40 valence electrons. The number of carboxylic acid groups (broad SMARTS) is 1. The zero-order valence-corrected chi connectivity index (χ0v) is 4.31. The molecule has 0 rings (SSSR count). The second-order valence-electron chi connectivity index (χ2n) is 0.189. The van der Waals surface area contributed by atoms with Crippen molar-refractivity contribution in [3.8, 4) is 0 Å². The van der Waals surface area contributed by atoms with Crippen molar-refractivity contribution in [1.29, 1.82) is 0 Å². The Morgan fingerprint density at radius 2 is 1.43 bits per heavy atom. The summed E-state index contributed by atoms with van der Waals surface area (Å²) in [7, 11) is 0. The van der Waals surface area contributed by atoms with Gasteiger partial charge in [0.1, 0.15) is 0 Å². The van der Waals surface area contributed by atoms with Gasteiger partial charge in [-0.2, -0.15) is 0 Å². The average molecular weight is 156 g/mol. The second kappa shape index (κ2) is 33.3. The van der Waals surface area contributed by atoms with Crippen LogP contribution in [0.25, 0.3) is 0 Å². The number of hydrogen-bond donors (Lipinski definition) is 1. The molecule has 0 atom stereocenters. The van der Waals surface area contributed by atoms with E-state index in [9.17, 15) is 0 Å². The van der Waals surface area contributed by atoms with Crippen LogP contribution in [-0.2, 0) is 30.5 Å². The molecule has 6 heteroatoms. The van der Waals surface area contributed by atoms with Gasteiger partial charge < -0.3 is 5.11 Å². The fourth-order valence-corrected chi connectivity index (χ4v) is 0. The molecular weight excluding hydrogens is 151 g/mol. The number of carbonyl (C=O) groups is 1. The first-order valence-electron chi connectivity index (χ1n) is 0.902. The summed E-state index contributed by atoms with van der Waals surface area (Å²) in [6, 6.07) is 0. The molecular formula is CH5AlO4Ti. The van der Waals surface area contributed by atoms with Crippen molar-refractivity contribution < 1.29 is 35.6 Å². The summed E-state index contributed by atoms with van der Waals surface area (Å²) in [5.41, 5.74) is 0. The fourth-order valence-electron chi connectivity index (χ4n) is 0. The molecule has 0 aliphatic heterocycles. The molecule has 0 radical (unpaired) electrons. The maximum atomic E-state index is 8.50. The van der Waals surface area contributed by atoms with Crippen LogP contribution in [-0.4, -0.2) is 28.9 Å². The van der Waals surface area contributed by atoms with Crippen LogP contribution in [0.3, 0.4) is 0 Å². The van der Waals surface area contributed by atoms with E-state index in [-0.39, 0.29) is 23.8 Å². The summed E-state index contributed by atoms with van der Waals surface area (Å²) in [5.74, 6) is 0. The standard InChI is InChI=1S/CH2O2.Al.2O.Ti.3H/c2-1-3;;;;;;;/h1H,(H,2,3);;;;;;;. The van der Waals surface area contributed by atoms with E-state index in [2.05, 4.69) is 0 Å². The van der Waals surface area contributed by atoms with E-state index in [0.29, 0.717) is 0 Å². The molecule has 0 aromatic carbocycles. The third kappa shape index (κ3) is 1170. The van der Waals surface area contributed by atoms with Gasteiger partial charge in [0, 0.05) is 0 Å². The molecule has 0 bridgehead atoms. The summed E-state index contributed by atoms with van der Waals surface area (Å²) in [6.45, 7) is -0.250. The van der Waals surface area contributed by atoms with Gasteiger partial charge in [-0.15, -0.1) is 0 Å². The van der Waals surface area contributed by atoms with Crippen LogP contribution in [0.2, 0.25) is 0 Å². The zero-order valence-electron chi connectivity index (χ0n) is 2.75. The van der Waals surface area contributed by atoms with Crippen molar-refractivity contribution in [2.75, 3.05) is 0 Å². The van der Waals surface area contributed by atoms with Gasteiger partial charge in [-0.25, -0.2) is 0 Å². The average Bonchev–Trinajstić information content (AvgIpc) is 1.39. The second-order valence-corrected chi connectivity index (χ2v) is 0.449. The van der Waals surface area contributed by atoms with Crippen LogP contribution in [0, 0.1) is 0 Å². The summed E-state index contributed by atoms with van der Waals surface area (Å²) in [4.78, 5) is 8.36. The molecule has 0 aromatic rings. The van der Waals surface area contributed by atoms with Gasteiger partial charge in [-0.3, -0.25) is 4.79 Å². The molecule has 0 unspecified atom stereocenters. The van der Waals surface area contributed by atoms with Crippen molar-refractivity contribution in [3.63, 3.8) is 0 Å². The van der Waals surface area contributed by atoms with Crippen LogP contribution in [0.15, 0.2) is 0 Å². The van der Waals surface area contributed by atoms with E-state index in [1.807, 2.05) is 0 Å². The van der Waals surface area contributed by atoms with Gasteiger partial charge >= 0.3 is 25.7 Å². The Balaban J connectivity index is -0.0000000400. The van der Waals surface area contributed by atoms with Crippen molar-refractivity contribution >= 4 is 23.8 Å². The van der Waals surface area contributed by atoms with Crippen LogP contribution in [0.5, 0.6) is 0 Å². The molecule has 0 saturated carbocycles. The molecule has 4 nitrogen and oxygen atoms in total. The molecule has 0 aliphatic carbocycles. The molecule has 0 fully saturated rings. The number of rotatable bonds is 0. The molecule has 1 N–H and O–H groups in total. The van der Waals surface area contributed by atoms with E-state index in [4.69, 9.17) is 16.6 Å². The minimum absolute atomic E-state index is 0. The third-order valence-corrected chi connectivity index (χ3v) is 0. The first kappa shape index (κ1) is 15.7. The van der Waals surface area contributed by atoms with Gasteiger partial charge in [0.05, 0.1) is 0 Å². The third-order valence-electron chi connectivity index (χ3n) is 0. The van der Waals surface area contributed by atoms with E-state index in [0.717, 1.165) is 0 Å². The Kier molecular flexibility index (Phi) is 74.5. The van der Waals surface area contributed by atoms with Crippen LogP contribution in [0.1, 0.15) is 0 Å². The summed E-state index contributed by atoms with van der Waals surface area (Å²) < 4.78 is 17.0. The predicted octanol–water partition coefficient (Wildman–Crippen LogP) is -1.72. The first-order chi connectivity index (χ1) is 2.83. The Labute approximate surface area is 59.6 Å². The Morgan fingerprint density at radius 1 is 1.43 bits per heavy atom. The molecule has 0 saturated heterocycles. The van der Waals surface area contributed by atoms with E-state index in [1.165, 1.54) is 0 Å². The fraction of sp³-hybridized carbons (Fsp3) is 0. The van der Waals surface area contributed by atoms with Crippen molar-refractivity contribution in [2.45, 2.75) is 0 Å². The first-order valence-corrected chi connectivity index (χ1v) is 2.18. The normalized spacial score (nSPS) is 2.86. The van der Waals surface area contributed by atoms with Crippen LogP contribution < -0.4 is 0 Å². The van der Waals surface area contributed by atoms with Crippen LogP contribution in [0.4, 0.5) is 0 Å². The van der Waals surface area contributed by atoms with Crippen molar-refractivity contribution in [2.24, 2.45) is 0 Å². The van der Waals surface area contributed by atoms with Gasteiger partial charge in [0.15, 0.2) is 17.4 Å². The molecule has 0 aromatic heterocycles. The monoisotopic (exact) mass is 156 g/mol. The predicted molar refractivity (Wildman–Crippen MR) is 20.0 cm³/mol. The Bertz CT molecular complexity index is 56.7. The SMILES string of the molecule is O=CO.[AlH3].[O]=[Ti]=[O]. The molecule has 0 spiro atoms. The zero-order chi connectivity index (χ0) is 5.41. The quantitative estimate of drug-likeness (QED) is 0.334. The van der Waals surface area contributed by atoms with Gasteiger partial charge in [0.25, 0.3) is 6.47 Å². The molecule has 7 heavy (non-hydrogen) atoms. The summed E-state index contributed by atoms with van der Waals surface area (Å²) in [6.07, 6.45) is 0. The van der Waals surface area contributed by atoms with Gasteiger partial charge in [-0.1, -0.05) is 0 Å². The summed E-state index contributed by atoms with van der Waals surface area (Å²) >= 11 is -2.00. The topological polar surface area (TPSA) is 71.4 Å². The van der Waals surface area contributed by atoms with E-state index in [1.54, 1.807) is 0 Å². The Morgan fingerprint density at radius 3 is 1.43 bits per heavy atom. The molecule has 0 amide bonds. The van der Waals surface area contributed by atoms with Crippen LogP contribution >= 0.6 is 0 Å². The maximum absolute atomic E-state index is 8.50. The van der Waals surface area contributed by atoms with Gasteiger partial charge in [0.2, 0.25) is 0 Å². The molecule has 0 aliphatic rings.